The predicted octanol–water partition coefficient (Wildman–Crippen LogP) is 3.12. The number of fused-ring (bicyclic) bond motifs is 1. The van der Waals surface area contributed by atoms with Crippen molar-refractivity contribution in [3.05, 3.63) is 23.1 Å². The van der Waals surface area contributed by atoms with Crippen LogP contribution in [0.25, 0.3) is 10.1 Å². The number of rotatable bonds is 3. The van der Waals surface area contributed by atoms with Gasteiger partial charge < -0.3 is 14.7 Å². The zero-order chi connectivity index (χ0) is 12.4. The van der Waals surface area contributed by atoms with Crippen molar-refractivity contribution in [2.45, 2.75) is 6.92 Å². The molecule has 0 saturated heterocycles. The molecule has 1 N–H and O–H groups in total. The first-order chi connectivity index (χ1) is 8.19. The summed E-state index contributed by atoms with van der Waals surface area (Å²) in [6.45, 7) is 1.76. The van der Waals surface area contributed by atoms with Crippen LogP contribution in [-0.4, -0.2) is 25.1 Å². The molecule has 0 radical (unpaired) electrons. The van der Waals surface area contributed by atoms with Crippen LogP contribution in [0.4, 0.5) is 0 Å². The van der Waals surface area contributed by atoms with E-state index in [2.05, 4.69) is 5.16 Å². The van der Waals surface area contributed by atoms with E-state index in [1.54, 1.807) is 32.5 Å². The molecule has 1 heterocycles. The number of thiophene rings is 1. The third-order valence-corrected chi connectivity index (χ3v) is 3.74. The molecule has 4 nitrogen and oxygen atoms in total. The topological polar surface area (TPSA) is 51.0 Å². The van der Waals surface area contributed by atoms with Gasteiger partial charge in [0.25, 0.3) is 0 Å². The molecule has 1 aromatic carbocycles. The standard InChI is InChI=1S/C12H13NO3S/c1-7(13-14)11-5-8-4-9(15-2)10(16-3)6-12(8)17-11/h4-6,14H,1-3H3/b13-7+. The Kier molecular flexibility index (Phi) is 3.19. The first-order valence-corrected chi connectivity index (χ1v) is 5.86. The maximum atomic E-state index is 8.76. The second kappa shape index (κ2) is 4.63. The van der Waals surface area contributed by atoms with E-state index in [1.165, 1.54) is 0 Å². The second-order valence-corrected chi connectivity index (χ2v) is 4.62. The summed E-state index contributed by atoms with van der Waals surface area (Å²) in [5.41, 5.74) is 0.601. The minimum atomic E-state index is 0.601. The molecule has 0 amide bonds. The second-order valence-electron chi connectivity index (χ2n) is 3.54. The number of nitrogens with zero attached hydrogens (tertiary/aromatic N) is 1. The molecule has 0 fully saturated rings. The molecule has 0 aliphatic heterocycles. The lowest BCUT2D eigenvalue weighted by Gasteiger charge is -2.06. The van der Waals surface area contributed by atoms with Crippen molar-refractivity contribution >= 4 is 27.1 Å². The average Bonchev–Trinajstić information content (AvgIpc) is 2.78. The van der Waals surface area contributed by atoms with E-state index in [-0.39, 0.29) is 0 Å². The Hall–Kier alpha value is -1.75. The smallest absolute Gasteiger partial charge is 0.162 e. The number of hydrogen-bond acceptors (Lipinski definition) is 5. The molecule has 2 aromatic rings. The number of ether oxygens (including phenoxy) is 2. The van der Waals surface area contributed by atoms with Crippen LogP contribution in [0.15, 0.2) is 23.4 Å². The molecule has 1 aromatic heterocycles. The fourth-order valence-electron chi connectivity index (χ4n) is 1.59. The fraction of sp³-hybridized carbons (Fsp3) is 0.250. The van der Waals surface area contributed by atoms with E-state index in [0.717, 1.165) is 15.0 Å². The molecular weight excluding hydrogens is 238 g/mol. The van der Waals surface area contributed by atoms with Crippen LogP contribution < -0.4 is 9.47 Å². The normalized spacial score (nSPS) is 11.8. The molecule has 0 aliphatic carbocycles. The molecule has 0 saturated carbocycles. The zero-order valence-corrected chi connectivity index (χ0v) is 10.7. The van der Waals surface area contributed by atoms with Gasteiger partial charge in [-0.25, -0.2) is 0 Å². The van der Waals surface area contributed by atoms with Crippen LogP contribution in [0.5, 0.6) is 11.5 Å². The lowest BCUT2D eigenvalue weighted by atomic mass is 10.2. The fourth-order valence-corrected chi connectivity index (χ4v) is 2.61. The molecule has 0 unspecified atom stereocenters. The molecule has 0 spiro atoms. The summed E-state index contributed by atoms with van der Waals surface area (Å²) in [4.78, 5) is 0.929. The molecule has 17 heavy (non-hydrogen) atoms. The SMILES string of the molecule is COc1cc2cc(/C(C)=N/O)sc2cc1OC. The molecule has 0 atom stereocenters. The van der Waals surface area contributed by atoms with E-state index < -0.39 is 0 Å². The van der Waals surface area contributed by atoms with Gasteiger partial charge in [-0.3, -0.25) is 0 Å². The zero-order valence-electron chi connectivity index (χ0n) is 9.85. The van der Waals surface area contributed by atoms with Gasteiger partial charge in [0.1, 0.15) is 0 Å². The summed E-state index contributed by atoms with van der Waals surface area (Å²) in [6, 6.07) is 5.81. The molecule has 0 bridgehead atoms. The summed E-state index contributed by atoms with van der Waals surface area (Å²) < 4.78 is 11.6. The van der Waals surface area contributed by atoms with Crippen molar-refractivity contribution in [1.29, 1.82) is 0 Å². The summed E-state index contributed by atoms with van der Waals surface area (Å²) in [6.07, 6.45) is 0. The lowest BCUT2D eigenvalue weighted by Crippen LogP contribution is -1.89. The Bertz CT molecular complexity index is 533. The summed E-state index contributed by atoms with van der Waals surface area (Å²) >= 11 is 1.55. The monoisotopic (exact) mass is 251 g/mol. The lowest BCUT2D eigenvalue weighted by molar-refractivity contribution is 0.319. The number of benzene rings is 1. The molecule has 0 aliphatic rings. The Morgan fingerprint density at radius 1 is 1.18 bits per heavy atom. The van der Waals surface area contributed by atoms with Gasteiger partial charge in [-0.15, -0.1) is 11.3 Å². The van der Waals surface area contributed by atoms with E-state index in [4.69, 9.17) is 14.7 Å². The molecular formula is C12H13NO3S. The minimum Gasteiger partial charge on any atom is -0.493 e. The van der Waals surface area contributed by atoms with Crippen molar-refractivity contribution in [3.8, 4) is 11.5 Å². The van der Waals surface area contributed by atoms with Crippen LogP contribution in [0, 0.1) is 0 Å². The van der Waals surface area contributed by atoms with Crippen LogP contribution in [0.3, 0.4) is 0 Å². The Labute approximate surface area is 103 Å². The molecule has 5 heteroatoms. The van der Waals surface area contributed by atoms with E-state index in [9.17, 15) is 0 Å². The quantitative estimate of drug-likeness (QED) is 0.518. The van der Waals surface area contributed by atoms with Crippen LogP contribution in [0.2, 0.25) is 0 Å². The highest BCUT2D eigenvalue weighted by Gasteiger charge is 2.10. The van der Waals surface area contributed by atoms with E-state index >= 15 is 0 Å². The summed E-state index contributed by atoms with van der Waals surface area (Å²) in [5.74, 6) is 1.40. The highest BCUT2D eigenvalue weighted by molar-refractivity contribution is 7.20. The van der Waals surface area contributed by atoms with Crippen molar-refractivity contribution in [2.24, 2.45) is 5.16 Å². The maximum absolute atomic E-state index is 8.76. The first kappa shape index (κ1) is 11.7. The molecule has 90 valence electrons. The van der Waals surface area contributed by atoms with Gasteiger partial charge in [0.05, 0.1) is 24.8 Å². The third kappa shape index (κ3) is 2.06. The third-order valence-electron chi connectivity index (χ3n) is 2.53. The van der Waals surface area contributed by atoms with Crippen LogP contribution in [-0.2, 0) is 0 Å². The number of oxime groups is 1. The largest absolute Gasteiger partial charge is 0.493 e. The Morgan fingerprint density at radius 3 is 2.41 bits per heavy atom. The van der Waals surface area contributed by atoms with Crippen LogP contribution >= 0.6 is 11.3 Å². The van der Waals surface area contributed by atoms with Crippen molar-refractivity contribution in [1.82, 2.24) is 0 Å². The average molecular weight is 251 g/mol. The Morgan fingerprint density at radius 2 is 1.82 bits per heavy atom. The highest BCUT2D eigenvalue weighted by Crippen LogP contribution is 2.36. The van der Waals surface area contributed by atoms with Crippen molar-refractivity contribution in [3.63, 3.8) is 0 Å². The van der Waals surface area contributed by atoms with Gasteiger partial charge in [0.15, 0.2) is 11.5 Å². The minimum absolute atomic E-state index is 0.601. The van der Waals surface area contributed by atoms with E-state index in [0.29, 0.717) is 17.2 Å². The van der Waals surface area contributed by atoms with Gasteiger partial charge in [-0.1, -0.05) is 5.16 Å². The summed E-state index contributed by atoms with van der Waals surface area (Å²) in [5, 5.41) is 13.0. The van der Waals surface area contributed by atoms with Gasteiger partial charge >= 0.3 is 0 Å². The van der Waals surface area contributed by atoms with Crippen molar-refractivity contribution in [2.75, 3.05) is 14.2 Å². The highest BCUT2D eigenvalue weighted by atomic mass is 32.1. The number of hydrogen-bond donors (Lipinski definition) is 1. The van der Waals surface area contributed by atoms with Gasteiger partial charge in [0.2, 0.25) is 0 Å². The van der Waals surface area contributed by atoms with E-state index in [1.807, 2.05) is 18.2 Å². The first-order valence-electron chi connectivity index (χ1n) is 5.04. The predicted molar refractivity (Wildman–Crippen MR) is 68.9 cm³/mol. The van der Waals surface area contributed by atoms with Gasteiger partial charge in [0, 0.05) is 10.8 Å². The molecule has 2 rings (SSSR count). The number of methoxy groups -OCH3 is 2. The van der Waals surface area contributed by atoms with Crippen LogP contribution in [0.1, 0.15) is 11.8 Å². The van der Waals surface area contributed by atoms with Crippen molar-refractivity contribution < 1.29 is 14.7 Å². The van der Waals surface area contributed by atoms with Gasteiger partial charge in [-0.2, -0.15) is 0 Å². The maximum Gasteiger partial charge on any atom is 0.162 e. The van der Waals surface area contributed by atoms with Gasteiger partial charge in [-0.05, 0) is 24.4 Å². The Balaban J connectivity index is 2.61. The summed E-state index contributed by atoms with van der Waals surface area (Å²) in [7, 11) is 3.22.